The van der Waals surface area contributed by atoms with Crippen LogP contribution in [0.15, 0.2) is 47.3 Å². The molecule has 35 heavy (non-hydrogen) atoms. The maximum absolute atomic E-state index is 12.2. The summed E-state index contributed by atoms with van der Waals surface area (Å²) >= 11 is 0. The lowest BCUT2D eigenvalue weighted by Crippen LogP contribution is -2.45. The third kappa shape index (κ3) is 6.64. The number of piperidine rings is 1. The number of para-hydroxylation sites is 1. The van der Waals surface area contributed by atoms with Crippen LogP contribution in [0.5, 0.6) is 5.75 Å². The molecule has 0 radical (unpaired) electrons. The molecule has 2 heterocycles. The van der Waals surface area contributed by atoms with E-state index in [1.165, 1.54) is 0 Å². The first-order chi connectivity index (χ1) is 17.0. The molecule has 9 heteroatoms. The smallest absolute Gasteiger partial charge is 0.323 e. The third-order valence-corrected chi connectivity index (χ3v) is 6.39. The van der Waals surface area contributed by atoms with Crippen molar-refractivity contribution in [2.75, 3.05) is 37.7 Å². The fraction of sp³-hybridized carbons (Fsp3) is 0.462. The zero-order chi connectivity index (χ0) is 24.6. The number of anilines is 1. The van der Waals surface area contributed by atoms with Crippen molar-refractivity contribution in [2.45, 2.75) is 44.8 Å². The Kier molecular flexibility index (Phi) is 8.44. The normalized spacial score (nSPS) is 15.3. The monoisotopic (exact) mass is 481 g/mol. The van der Waals surface area contributed by atoms with Crippen LogP contribution in [0.2, 0.25) is 0 Å². The first kappa shape index (κ1) is 24.8. The fourth-order valence-corrected chi connectivity index (χ4v) is 4.35. The molecule has 5 N–H and O–H groups in total. The van der Waals surface area contributed by atoms with Gasteiger partial charge in [0.2, 0.25) is 0 Å². The number of aromatic nitrogens is 2. The van der Waals surface area contributed by atoms with Gasteiger partial charge < -0.3 is 35.3 Å². The van der Waals surface area contributed by atoms with Gasteiger partial charge >= 0.3 is 5.69 Å². The fourth-order valence-electron chi connectivity index (χ4n) is 4.35. The highest BCUT2D eigenvalue weighted by Crippen LogP contribution is 2.22. The summed E-state index contributed by atoms with van der Waals surface area (Å²) in [6, 6.07) is 13.5. The van der Waals surface area contributed by atoms with E-state index in [1.807, 2.05) is 24.3 Å². The minimum absolute atomic E-state index is 0.0199. The number of ether oxygens (including phenoxy) is 1. The maximum atomic E-state index is 12.2. The minimum atomic E-state index is -0.662. The lowest BCUT2D eigenvalue weighted by atomic mass is 10.0. The van der Waals surface area contributed by atoms with Crippen molar-refractivity contribution < 1.29 is 14.6 Å². The van der Waals surface area contributed by atoms with Gasteiger partial charge in [0, 0.05) is 43.5 Å². The van der Waals surface area contributed by atoms with Gasteiger partial charge in [-0.25, -0.2) is 4.79 Å². The van der Waals surface area contributed by atoms with Crippen LogP contribution in [-0.4, -0.2) is 65.9 Å². The van der Waals surface area contributed by atoms with Crippen LogP contribution in [0.4, 0.5) is 5.69 Å². The second-order valence-corrected chi connectivity index (χ2v) is 9.05. The predicted molar refractivity (Wildman–Crippen MR) is 137 cm³/mol. The average molecular weight is 482 g/mol. The van der Waals surface area contributed by atoms with Crippen molar-refractivity contribution in [3.8, 4) is 5.75 Å². The highest BCUT2D eigenvalue weighted by atomic mass is 16.5. The summed E-state index contributed by atoms with van der Waals surface area (Å²) in [5, 5.41) is 16.8. The molecule has 1 saturated heterocycles. The van der Waals surface area contributed by atoms with E-state index in [2.05, 4.69) is 32.4 Å². The van der Waals surface area contributed by atoms with E-state index >= 15 is 0 Å². The lowest BCUT2D eigenvalue weighted by molar-refractivity contribution is 0.0953. The molecule has 1 aromatic heterocycles. The van der Waals surface area contributed by atoms with Crippen LogP contribution in [0.25, 0.3) is 11.0 Å². The zero-order valence-electron chi connectivity index (χ0n) is 20.2. The van der Waals surface area contributed by atoms with Crippen molar-refractivity contribution >= 4 is 22.6 Å². The Hall–Kier alpha value is -3.30. The van der Waals surface area contributed by atoms with Crippen molar-refractivity contribution in [3.05, 3.63) is 58.5 Å². The number of fused-ring (bicyclic) bond motifs is 1. The topological polar surface area (TPSA) is 122 Å². The summed E-state index contributed by atoms with van der Waals surface area (Å²) in [5.41, 5.74) is 2.82. The molecule has 2 aromatic carbocycles. The number of rotatable bonds is 11. The van der Waals surface area contributed by atoms with E-state index in [1.54, 1.807) is 18.2 Å². The van der Waals surface area contributed by atoms with Crippen LogP contribution in [-0.2, 0) is 0 Å². The van der Waals surface area contributed by atoms with E-state index in [0.717, 1.165) is 44.5 Å². The number of hydrogen-bond donors (Lipinski definition) is 5. The average Bonchev–Trinajstić information content (AvgIpc) is 3.27. The Morgan fingerprint density at radius 2 is 1.94 bits per heavy atom. The molecule has 1 atom stereocenters. The predicted octanol–water partition coefficient (Wildman–Crippen LogP) is 2.38. The van der Waals surface area contributed by atoms with Gasteiger partial charge in [-0.15, -0.1) is 0 Å². The van der Waals surface area contributed by atoms with Crippen LogP contribution >= 0.6 is 0 Å². The summed E-state index contributed by atoms with van der Waals surface area (Å²) in [5.74, 6) is 0.520. The van der Waals surface area contributed by atoms with Gasteiger partial charge in [0.05, 0.1) is 5.52 Å². The summed E-state index contributed by atoms with van der Waals surface area (Å²) in [6.45, 7) is 5.21. The Bertz CT molecular complexity index is 1150. The molecule has 1 fully saturated rings. The van der Waals surface area contributed by atoms with Crippen molar-refractivity contribution in [2.24, 2.45) is 0 Å². The summed E-state index contributed by atoms with van der Waals surface area (Å²) in [4.78, 5) is 31.4. The Labute approximate surface area is 204 Å². The lowest BCUT2D eigenvalue weighted by Gasteiger charge is -2.34. The van der Waals surface area contributed by atoms with E-state index in [-0.39, 0.29) is 18.2 Å². The Balaban J connectivity index is 1.18. The largest absolute Gasteiger partial charge is 0.489 e. The SMILES string of the molecule is CCCCNC(=O)c1ccc(N2CCC(NC[C@H](O)COc3cccc4[nH]c(=O)[nH]c34)CC2)cc1. The van der Waals surface area contributed by atoms with Gasteiger partial charge in [-0.3, -0.25) is 4.79 Å². The second-order valence-electron chi connectivity index (χ2n) is 9.05. The number of aromatic amines is 2. The number of nitrogens with zero attached hydrogens (tertiary/aromatic N) is 1. The van der Waals surface area contributed by atoms with Crippen LogP contribution in [0, 0.1) is 0 Å². The summed E-state index contributed by atoms with van der Waals surface area (Å²) in [7, 11) is 0. The van der Waals surface area contributed by atoms with E-state index in [9.17, 15) is 14.7 Å². The molecule has 0 bridgehead atoms. The molecule has 1 aliphatic rings. The quantitative estimate of drug-likeness (QED) is 0.268. The highest BCUT2D eigenvalue weighted by molar-refractivity contribution is 5.94. The minimum Gasteiger partial charge on any atom is -0.489 e. The molecule has 3 aromatic rings. The number of unbranched alkanes of at least 4 members (excludes halogenated alkanes) is 1. The summed E-state index contributed by atoms with van der Waals surface area (Å²) in [6.07, 6.45) is 3.33. The van der Waals surface area contributed by atoms with Crippen molar-refractivity contribution in [1.82, 2.24) is 20.6 Å². The van der Waals surface area contributed by atoms with Gasteiger partial charge in [-0.2, -0.15) is 0 Å². The van der Waals surface area contributed by atoms with Gasteiger partial charge in [-0.1, -0.05) is 19.4 Å². The third-order valence-electron chi connectivity index (χ3n) is 6.39. The van der Waals surface area contributed by atoms with Crippen LogP contribution < -0.4 is 26.0 Å². The first-order valence-electron chi connectivity index (χ1n) is 12.4. The molecular formula is C26H35N5O4. The second kappa shape index (κ2) is 11.9. The van der Waals surface area contributed by atoms with Gasteiger partial charge in [0.1, 0.15) is 24.0 Å². The Morgan fingerprint density at radius 3 is 2.69 bits per heavy atom. The Morgan fingerprint density at radius 1 is 1.17 bits per heavy atom. The first-order valence-corrected chi connectivity index (χ1v) is 12.4. The number of carbonyl (C=O) groups is 1. The molecule has 4 rings (SSSR count). The van der Waals surface area contributed by atoms with Gasteiger partial charge in [0.15, 0.2) is 0 Å². The number of benzene rings is 2. The molecule has 1 amide bonds. The van der Waals surface area contributed by atoms with Crippen LogP contribution in [0.3, 0.4) is 0 Å². The molecule has 0 aliphatic carbocycles. The van der Waals surface area contributed by atoms with E-state index in [0.29, 0.717) is 41.5 Å². The number of H-pyrrole nitrogens is 2. The molecule has 0 unspecified atom stereocenters. The number of aliphatic hydroxyl groups is 1. The number of nitrogens with one attached hydrogen (secondary N) is 4. The number of aliphatic hydroxyl groups excluding tert-OH is 1. The maximum Gasteiger partial charge on any atom is 0.323 e. The zero-order valence-corrected chi connectivity index (χ0v) is 20.2. The molecule has 0 saturated carbocycles. The van der Waals surface area contributed by atoms with Crippen molar-refractivity contribution in [3.63, 3.8) is 0 Å². The number of imidazole rings is 1. The molecule has 0 spiro atoms. The number of amides is 1. The standard InChI is InChI=1S/C26H35N5O4/c1-2-3-13-27-25(33)18-7-9-20(10-8-18)31-14-11-19(12-15-31)28-16-21(32)17-35-23-6-4-5-22-24(23)30-26(34)29-22/h4-10,19,21,28,32H,2-3,11-17H2,1H3,(H,27,33)(H2,29,30,34)/t21-/m0/s1. The summed E-state index contributed by atoms with van der Waals surface area (Å²) < 4.78 is 5.75. The molecular weight excluding hydrogens is 446 g/mol. The highest BCUT2D eigenvalue weighted by Gasteiger charge is 2.20. The number of hydrogen-bond acceptors (Lipinski definition) is 6. The van der Waals surface area contributed by atoms with Crippen molar-refractivity contribution in [1.29, 1.82) is 0 Å². The van der Waals surface area contributed by atoms with Gasteiger partial charge in [-0.05, 0) is 55.7 Å². The number of carbonyl (C=O) groups excluding carboxylic acids is 1. The van der Waals surface area contributed by atoms with E-state index < -0.39 is 6.10 Å². The van der Waals surface area contributed by atoms with E-state index in [4.69, 9.17) is 4.74 Å². The van der Waals surface area contributed by atoms with Gasteiger partial charge in [0.25, 0.3) is 5.91 Å². The van der Waals surface area contributed by atoms with Crippen LogP contribution in [0.1, 0.15) is 43.0 Å². The molecule has 9 nitrogen and oxygen atoms in total. The molecule has 1 aliphatic heterocycles. The molecule has 188 valence electrons.